The molecule has 0 heteroatoms. The van der Waals surface area contributed by atoms with Gasteiger partial charge in [0, 0.05) is 0 Å². The van der Waals surface area contributed by atoms with Crippen LogP contribution in [0.3, 0.4) is 0 Å². The number of benzene rings is 2. The highest BCUT2D eigenvalue weighted by Crippen LogP contribution is 2.11. The van der Waals surface area contributed by atoms with Crippen molar-refractivity contribution >= 4 is 10.8 Å². The minimum absolute atomic E-state index is 1.31. The molecule has 0 bridgehead atoms. The normalized spacial score (nSPS) is 8.57. The second kappa shape index (κ2) is 5.76. The molecule has 0 atom stereocenters. The van der Waals surface area contributed by atoms with Crippen molar-refractivity contribution in [3.63, 3.8) is 0 Å². The molecule has 0 spiro atoms. The first-order chi connectivity index (χ1) is 6.88. The van der Waals surface area contributed by atoms with Crippen molar-refractivity contribution in [3.05, 3.63) is 73.8 Å². The maximum absolute atomic E-state index is 3.36. The van der Waals surface area contributed by atoms with E-state index in [0.29, 0.717) is 0 Å². The zero-order chi connectivity index (χ0) is 10.2. The molecule has 0 saturated carbocycles. The highest BCUT2D eigenvalue weighted by Gasteiger charge is 1.85. The average molecular weight is 182 g/mol. The van der Waals surface area contributed by atoms with E-state index in [1.165, 1.54) is 10.8 Å². The summed E-state index contributed by atoms with van der Waals surface area (Å²) in [7, 11) is 0. The van der Waals surface area contributed by atoms with Gasteiger partial charge in [0.25, 0.3) is 0 Å². The molecule has 0 radical (unpaired) electrons. The van der Waals surface area contributed by atoms with Gasteiger partial charge in [-0.15, -0.1) is 0 Å². The topological polar surface area (TPSA) is 0 Å². The summed E-state index contributed by atoms with van der Waals surface area (Å²) in [5.41, 5.74) is 0. The van der Waals surface area contributed by atoms with Gasteiger partial charge >= 0.3 is 0 Å². The standard InChI is InChI=1S/C10H8.C4H6/c1-2-6-10-8-4-3-7-9(10)5-1;1-3-4-2/h1-8H;3-4H,1-2H2. The third-order valence-corrected chi connectivity index (χ3v) is 1.83. The van der Waals surface area contributed by atoms with Gasteiger partial charge < -0.3 is 0 Å². The molecule has 0 nitrogen and oxygen atoms in total. The second-order valence-corrected chi connectivity index (χ2v) is 2.82. The fraction of sp³-hybridized carbons (Fsp3) is 0. The summed E-state index contributed by atoms with van der Waals surface area (Å²) in [5.74, 6) is 0. The molecule has 0 fully saturated rings. The van der Waals surface area contributed by atoms with Gasteiger partial charge in [-0.05, 0) is 10.8 Å². The summed E-state index contributed by atoms with van der Waals surface area (Å²) in [6, 6.07) is 16.7. The Hall–Kier alpha value is -1.82. The Labute approximate surface area is 85.2 Å². The Morgan fingerprint density at radius 1 is 0.643 bits per heavy atom. The van der Waals surface area contributed by atoms with Crippen LogP contribution in [-0.4, -0.2) is 0 Å². The van der Waals surface area contributed by atoms with Crippen molar-refractivity contribution in [1.29, 1.82) is 0 Å². The lowest BCUT2D eigenvalue weighted by Crippen LogP contribution is -1.67. The van der Waals surface area contributed by atoms with Crippen LogP contribution in [0.4, 0.5) is 0 Å². The molecular formula is C14H14. The van der Waals surface area contributed by atoms with Crippen LogP contribution in [0, 0.1) is 0 Å². The fourth-order valence-corrected chi connectivity index (χ4v) is 1.13. The van der Waals surface area contributed by atoms with Crippen LogP contribution >= 0.6 is 0 Å². The molecule has 0 aliphatic heterocycles. The van der Waals surface area contributed by atoms with Crippen LogP contribution in [0.15, 0.2) is 73.8 Å². The zero-order valence-electron chi connectivity index (χ0n) is 8.19. The molecule has 2 aromatic carbocycles. The molecule has 0 N–H and O–H groups in total. The summed E-state index contributed by atoms with van der Waals surface area (Å²) < 4.78 is 0. The number of hydrogen-bond acceptors (Lipinski definition) is 0. The molecule has 0 aromatic heterocycles. The monoisotopic (exact) mass is 182 g/mol. The highest BCUT2D eigenvalue weighted by molar-refractivity contribution is 5.81. The van der Waals surface area contributed by atoms with E-state index >= 15 is 0 Å². The van der Waals surface area contributed by atoms with Crippen LogP contribution in [0.1, 0.15) is 0 Å². The van der Waals surface area contributed by atoms with Gasteiger partial charge in [-0.1, -0.05) is 73.8 Å². The van der Waals surface area contributed by atoms with Crippen molar-refractivity contribution in [2.45, 2.75) is 0 Å². The third kappa shape index (κ3) is 2.91. The Morgan fingerprint density at radius 3 is 1.14 bits per heavy atom. The molecule has 70 valence electrons. The third-order valence-electron chi connectivity index (χ3n) is 1.83. The lowest BCUT2D eigenvalue weighted by Gasteiger charge is -1.92. The lowest BCUT2D eigenvalue weighted by molar-refractivity contribution is 1.75. The van der Waals surface area contributed by atoms with Crippen LogP contribution < -0.4 is 0 Å². The SMILES string of the molecule is C=CC=C.c1ccc2ccccc2c1. The Bertz CT molecular complexity index is 342. The Kier molecular flexibility index (Phi) is 4.22. The van der Waals surface area contributed by atoms with E-state index in [4.69, 9.17) is 0 Å². The largest absolute Gasteiger partial charge is 0.0991 e. The van der Waals surface area contributed by atoms with Gasteiger partial charge in [-0.25, -0.2) is 0 Å². The quantitative estimate of drug-likeness (QED) is 0.580. The van der Waals surface area contributed by atoms with Crippen molar-refractivity contribution < 1.29 is 0 Å². The maximum Gasteiger partial charge on any atom is -0.0184 e. The van der Waals surface area contributed by atoms with Gasteiger partial charge in [-0.2, -0.15) is 0 Å². The maximum atomic E-state index is 3.36. The average Bonchev–Trinajstić information content (AvgIpc) is 2.30. The minimum Gasteiger partial charge on any atom is -0.0991 e. The lowest BCUT2D eigenvalue weighted by atomic mass is 10.1. The fourth-order valence-electron chi connectivity index (χ4n) is 1.13. The van der Waals surface area contributed by atoms with Crippen molar-refractivity contribution in [3.8, 4) is 0 Å². The number of fused-ring (bicyclic) bond motifs is 1. The first-order valence-corrected chi connectivity index (χ1v) is 4.55. The molecule has 0 unspecified atom stereocenters. The number of allylic oxidation sites excluding steroid dienone is 2. The van der Waals surface area contributed by atoms with Gasteiger partial charge in [0.1, 0.15) is 0 Å². The van der Waals surface area contributed by atoms with E-state index < -0.39 is 0 Å². The van der Waals surface area contributed by atoms with E-state index in [9.17, 15) is 0 Å². The molecule has 0 aliphatic rings. The summed E-state index contributed by atoms with van der Waals surface area (Å²) in [4.78, 5) is 0. The molecule has 2 rings (SSSR count). The molecule has 2 aromatic rings. The summed E-state index contributed by atoms with van der Waals surface area (Å²) in [6.45, 7) is 6.72. The van der Waals surface area contributed by atoms with Crippen molar-refractivity contribution in [2.24, 2.45) is 0 Å². The Morgan fingerprint density at radius 2 is 0.929 bits per heavy atom. The van der Waals surface area contributed by atoms with Crippen molar-refractivity contribution in [1.82, 2.24) is 0 Å². The van der Waals surface area contributed by atoms with Gasteiger partial charge in [0.05, 0.1) is 0 Å². The smallest absolute Gasteiger partial charge is 0.0184 e. The molecule has 0 heterocycles. The van der Waals surface area contributed by atoms with E-state index in [2.05, 4.69) is 61.7 Å². The second-order valence-electron chi connectivity index (χ2n) is 2.82. The predicted molar refractivity (Wildman–Crippen MR) is 64.3 cm³/mol. The summed E-state index contributed by atoms with van der Waals surface area (Å²) >= 11 is 0. The van der Waals surface area contributed by atoms with Gasteiger partial charge in [-0.3, -0.25) is 0 Å². The van der Waals surface area contributed by atoms with Gasteiger partial charge in [0.15, 0.2) is 0 Å². The zero-order valence-corrected chi connectivity index (χ0v) is 8.19. The van der Waals surface area contributed by atoms with Gasteiger partial charge in [0.2, 0.25) is 0 Å². The van der Waals surface area contributed by atoms with E-state index in [-0.39, 0.29) is 0 Å². The first kappa shape index (κ1) is 10.3. The van der Waals surface area contributed by atoms with Crippen LogP contribution in [0.5, 0.6) is 0 Å². The Balaban J connectivity index is 0.000000213. The van der Waals surface area contributed by atoms with Crippen LogP contribution in [0.25, 0.3) is 10.8 Å². The molecule has 0 aliphatic carbocycles. The molecular weight excluding hydrogens is 168 g/mol. The molecule has 0 saturated heterocycles. The minimum atomic E-state index is 1.31. The van der Waals surface area contributed by atoms with Crippen LogP contribution in [0.2, 0.25) is 0 Å². The molecule has 14 heavy (non-hydrogen) atoms. The van der Waals surface area contributed by atoms with E-state index in [0.717, 1.165) is 0 Å². The van der Waals surface area contributed by atoms with E-state index in [1.807, 2.05) is 0 Å². The highest BCUT2D eigenvalue weighted by atomic mass is 13.9. The summed E-state index contributed by atoms with van der Waals surface area (Å²) in [6.07, 6.45) is 3.28. The predicted octanol–water partition coefficient (Wildman–Crippen LogP) is 4.20. The first-order valence-electron chi connectivity index (χ1n) is 4.55. The van der Waals surface area contributed by atoms with Crippen LogP contribution in [-0.2, 0) is 0 Å². The molecule has 0 amide bonds. The number of rotatable bonds is 1. The number of hydrogen-bond donors (Lipinski definition) is 0. The summed E-state index contributed by atoms with van der Waals surface area (Å²) in [5, 5.41) is 2.62. The van der Waals surface area contributed by atoms with Crippen molar-refractivity contribution in [2.75, 3.05) is 0 Å². The van der Waals surface area contributed by atoms with E-state index in [1.54, 1.807) is 12.2 Å².